The number of esters is 1. The van der Waals surface area contributed by atoms with Crippen LogP contribution in [0.3, 0.4) is 0 Å². The van der Waals surface area contributed by atoms with Crippen molar-refractivity contribution in [1.29, 1.82) is 0 Å². The summed E-state index contributed by atoms with van der Waals surface area (Å²) < 4.78 is 4.37. The molecule has 0 unspecified atom stereocenters. The summed E-state index contributed by atoms with van der Waals surface area (Å²) in [5.41, 5.74) is 0. The fourth-order valence-corrected chi connectivity index (χ4v) is 0.904. The SMILES string of the molecule is O=C1O[C@H]([C@@H](O)CO)C(OO)=C1O. The Balaban J connectivity index is 2.86. The Hall–Kier alpha value is -1.31. The van der Waals surface area contributed by atoms with E-state index in [0.717, 1.165) is 0 Å². The van der Waals surface area contributed by atoms with Crippen LogP contribution in [-0.2, 0) is 14.4 Å². The average Bonchev–Trinajstić information content (AvgIpc) is 2.42. The molecule has 0 aromatic rings. The Labute approximate surface area is 72.4 Å². The van der Waals surface area contributed by atoms with Gasteiger partial charge in [0.15, 0.2) is 6.10 Å². The van der Waals surface area contributed by atoms with Gasteiger partial charge in [0.1, 0.15) is 6.10 Å². The average molecular weight is 192 g/mol. The molecule has 1 heterocycles. The topological polar surface area (TPSA) is 116 Å². The third-order valence-corrected chi connectivity index (χ3v) is 1.55. The standard InChI is InChI=1S/C6H8O7/c7-1-2(8)4-5(13-11)3(9)6(10)12-4/h2,4,7-9,11H,1H2/t2-,4+/m0/s1. The highest BCUT2D eigenvalue weighted by Gasteiger charge is 2.41. The molecule has 0 aliphatic carbocycles. The van der Waals surface area contributed by atoms with Gasteiger partial charge in [-0.3, -0.25) is 0 Å². The Bertz CT molecular complexity index is 245. The minimum Gasteiger partial charge on any atom is -0.499 e. The molecule has 4 N–H and O–H groups in total. The summed E-state index contributed by atoms with van der Waals surface area (Å²) in [4.78, 5) is 14.3. The van der Waals surface area contributed by atoms with Gasteiger partial charge in [0.05, 0.1) is 6.61 Å². The van der Waals surface area contributed by atoms with Gasteiger partial charge in [-0.25, -0.2) is 10.1 Å². The van der Waals surface area contributed by atoms with E-state index < -0.39 is 36.3 Å². The molecule has 74 valence electrons. The fourth-order valence-electron chi connectivity index (χ4n) is 0.904. The lowest BCUT2D eigenvalue weighted by molar-refractivity contribution is -0.221. The van der Waals surface area contributed by atoms with Gasteiger partial charge in [0.25, 0.3) is 0 Å². The number of aliphatic hydroxyl groups excluding tert-OH is 3. The van der Waals surface area contributed by atoms with Crippen molar-refractivity contribution in [3.63, 3.8) is 0 Å². The summed E-state index contributed by atoms with van der Waals surface area (Å²) >= 11 is 0. The summed E-state index contributed by atoms with van der Waals surface area (Å²) in [5.74, 6) is -2.65. The fraction of sp³-hybridized carbons (Fsp3) is 0.500. The molecular weight excluding hydrogens is 184 g/mol. The van der Waals surface area contributed by atoms with Gasteiger partial charge in [-0.1, -0.05) is 0 Å². The zero-order valence-corrected chi connectivity index (χ0v) is 6.38. The number of carbonyl (C=O) groups excluding carboxylic acids is 1. The molecule has 1 rings (SSSR count). The first kappa shape index (κ1) is 9.78. The minimum atomic E-state index is -1.45. The largest absolute Gasteiger partial charge is 0.499 e. The number of aliphatic hydroxyl groups is 3. The van der Waals surface area contributed by atoms with Crippen LogP contribution in [0.15, 0.2) is 11.5 Å². The zero-order chi connectivity index (χ0) is 10.0. The van der Waals surface area contributed by atoms with Crippen molar-refractivity contribution in [1.82, 2.24) is 0 Å². The van der Waals surface area contributed by atoms with Crippen molar-refractivity contribution < 1.29 is 35.0 Å². The van der Waals surface area contributed by atoms with Crippen LogP contribution in [0.25, 0.3) is 0 Å². The molecule has 2 atom stereocenters. The van der Waals surface area contributed by atoms with Crippen LogP contribution in [0.4, 0.5) is 0 Å². The van der Waals surface area contributed by atoms with Crippen LogP contribution in [0.1, 0.15) is 0 Å². The third-order valence-electron chi connectivity index (χ3n) is 1.55. The molecule has 0 fully saturated rings. The Kier molecular flexibility index (Phi) is 2.71. The van der Waals surface area contributed by atoms with Crippen molar-refractivity contribution in [2.24, 2.45) is 0 Å². The molecule has 13 heavy (non-hydrogen) atoms. The summed E-state index contributed by atoms with van der Waals surface area (Å²) in [6.45, 7) is -0.696. The Morgan fingerprint density at radius 1 is 1.62 bits per heavy atom. The second-order valence-electron chi connectivity index (χ2n) is 2.38. The maximum atomic E-state index is 10.7. The number of ether oxygens (including phenoxy) is 1. The lowest BCUT2D eigenvalue weighted by atomic mass is 10.2. The molecular formula is C6H8O7. The van der Waals surface area contributed by atoms with E-state index in [0.29, 0.717) is 0 Å². The second-order valence-corrected chi connectivity index (χ2v) is 2.38. The molecule has 1 aliphatic rings. The van der Waals surface area contributed by atoms with E-state index in [2.05, 4.69) is 9.62 Å². The number of cyclic esters (lactones) is 1. The lowest BCUT2D eigenvalue weighted by Crippen LogP contribution is -2.32. The number of carbonyl (C=O) groups is 1. The van der Waals surface area contributed by atoms with Crippen LogP contribution < -0.4 is 0 Å². The highest BCUT2D eigenvalue weighted by Crippen LogP contribution is 2.23. The molecule has 0 saturated heterocycles. The van der Waals surface area contributed by atoms with Crippen LogP contribution in [0.5, 0.6) is 0 Å². The van der Waals surface area contributed by atoms with Crippen molar-refractivity contribution in [2.75, 3.05) is 6.61 Å². The van der Waals surface area contributed by atoms with Gasteiger partial charge in [-0.15, -0.1) is 0 Å². The van der Waals surface area contributed by atoms with Gasteiger partial charge in [0, 0.05) is 0 Å². The highest BCUT2D eigenvalue weighted by atomic mass is 17.1. The van der Waals surface area contributed by atoms with E-state index in [1.54, 1.807) is 0 Å². The summed E-state index contributed by atoms with van der Waals surface area (Å²) in [6.07, 6.45) is -2.82. The number of rotatable bonds is 3. The summed E-state index contributed by atoms with van der Waals surface area (Å²) in [6, 6.07) is 0. The Morgan fingerprint density at radius 2 is 2.23 bits per heavy atom. The molecule has 0 bridgehead atoms. The van der Waals surface area contributed by atoms with Gasteiger partial charge >= 0.3 is 5.97 Å². The van der Waals surface area contributed by atoms with Gasteiger partial charge < -0.3 is 24.9 Å². The molecule has 0 radical (unpaired) electrons. The normalized spacial score (nSPS) is 24.5. The van der Waals surface area contributed by atoms with Crippen LogP contribution >= 0.6 is 0 Å². The molecule has 7 nitrogen and oxygen atoms in total. The van der Waals surface area contributed by atoms with Crippen molar-refractivity contribution >= 4 is 5.97 Å². The van der Waals surface area contributed by atoms with E-state index in [4.69, 9.17) is 20.6 Å². The molecule has 0 amide bonds. The quantitative estimate of drug-likeness (QED) is 0.245. The number of hydrogen-bond donors (Lipinski definition) is 4. The second kappa shape index (κ2) is 3.60. The molecule has 1 aliphatic heterocycles. The molecule has 0 spiro atoms. The minimum absolute atomic E-state index is 0.605. The van der Waals surface area contributed by atoms with Crippen LogP contribution in [-0.4, -0.2) is 45.4 Å². The predicted molar refractivity (Wildman–Crippen MR) is 36.3 cm³/mol. The van der Waals surface area contributed by atoms with E-state index in [-0.39, 0.29) is 0 Å². The van der Waals surface area contributed by atoms with E-state index in [9.17, 15) is 4.79 Å². The third kappa shape index (κ3) is 1.57. The maximum Gasteiger partial charge on any atom is 0.378 e. The van der Waals surface area contributed by atoms with Crippen molar-refractivity contribution in [3.8, 4) is 0 Å². The smallest absolute Gasteiger partial charge is 0.378 e. The summed E-state index contributed by atoms with van der Waals surface area (Å²) in [7, 11) is 0. The monoisotopic (exact) mass is 192 g/mol. The number of hydrogen-bond acceptors (Lipinski definition) is 7. The lowest BCUT2D eigenvalue weighted by Gasteiger charge is -2.14. The van der Waals surface area contributed by atoms with Crippen LogP contribution in [0.2, 0.25) is 0 Å². The Morgan fingerprint density at radius 3 is 2.69 bits per heavy atom. The first-order valence-electron chi connectivity index (χ1n) is 3.36. The summed E-state index contributed by atoms with van der Waals surface area (Å²) in [5, 5.41) is 34.7. The molecule has 7 heteroatoms. The van der Waals surface area contributed by atoms with Crippen LogP contribution in [0, 0.1) is 0 Å². The van der Waals surface area contributed by atoms with E-state index >= 15 is 0 Å². The highest BCUT2D eigenvalue weighted by molar-refractivity contribution is 5.89. The van der Waals surface area contributed by atoms with Gasteiger partial charge in [0.2, 0.25) is 11.5 Å². The van der Waals surface area contributed by atoms with E-state index in [1.165, 1.54) is 0 Å². The van der Waals surface area contributed by atoms with Gasteiger partial charge in [-0.2, -0.15) is 0 Å². The van der Waals surface area contributed by atoms with E-state index in [1.807, 2.05) is 0 Å². The molecule has 0 aromatic carbocycles. The first-order chi connectivity index (χ1) is 6.11. The van der Waals surface area contributed by atoms with Crippen molar-refractivity contribution in [3.05, 3.63) is 11.5 Å². The van der Waals surface area contributed by atoms with Gasteiger partial charge in [-0.05, 0) is 0 Å². The first-order valence-corrected chi connectivity index (χ1v) is 3.36. The van der Waals surface area contributed by atoms with Crippen molar-refractivity contribution in [2.45, 2.75) is 12.2 Å². The molecule has 0 saturated carbocycles. The predicted octanol–water partition coefficient (Wildman–Crippen LogP) is -1.48. The maximum absolute atomic E-state index is 10.7. The zero-order valence-electron chi connectivity index (χ0n) is 6.38. The molecule has 0 aromatic heterocycles.